The third-order valence-electron chi connectivity index (χ3n) is 5.25. The topological polar surface area (TPSA) is 89.9 Å². The molecule has 0 saturated carbocycles. The molecule has 0 bridgehead atoms. The second-order valence-electron chi connectivity index (χ2n) is 7.02. The first kappa shape index (κ1) is 19.1. The van der Waals surface area contributed by atoms with E-state index in [4.69, 9.17) is 5.11 Å². The third-order valence-corrected chi connectivity index (χ3v) is 7.22. The molecule has 0 spiro atoms. The quantitative estimate of drug-likeness (QED) is 0.746. The summed E-state index contributed by atoms with van der Waals surface area (Å²) in [5, 5.41) is 12.1. The van der Waals surface area contributed by atoms with Gasteiger partial charge in [-0.25, -0.2) is 0 Å². The summed E-state index contributed by atoms with van der Waals surface area (Å²) in [6, 6.07) is 7.16. The number of hydrogen-bond acceptors (Lipinski definition) is 4. The lowest BCUT2D eigenvalue weighted by molar-refractivity contribution is -0.136. The van der Waals surface area contributed by atoms with E-state index in [9.17, 15) is 13.2 Å². The zero-order chi connectivity index (χ0) is 18.6. The van der Waals surface area contributed by atoms with Gasteiger partial charge in [0.05, 0.1) is 5.69 Å². The van der Waals surface area contributed by atoms with E-state index >= 15 is 0 Å². The van der Waals surface area contributed by atoms with Crippen molar-refractivity contribution in [3.63, 3.8) is 0 Å². The lowest BCUT2D eigenvalue weighted by atomic mass is 9.95. The van der Waals surface area contributed by atoms with Crippen LogP contribution in [0.25, 0.3) is 0 Å². The van der Waals surface area contributed by atoms with E-state index in [1.54, 1.807) is 16.4 Å². The van der Waals surface area contributed by atoms with Gasteiger partial charge in [-0.05, 0) is 62.4 Å². The van der Waals surface area contributed by atoms with Crippen LogP contribution in [0.4, 0.5) is 5.69 Å². The lowest BCUT2D eigenvalue weighted by Gasteiger charge is -2.25. The molecule has 2 N–H and O–H groups in total. The van der Waals surface area contributed by atoms with Crippen LogP contribution < -0.4 is 9.62 Å². The SMILES string of the molecule is O=C(O)CCc1ccc(N2CCN(CCC3CCNCC3)S2(=O)=O)cc1. The number of piperidine rings is 1. The Labute approximate surface area is 155 Å². The number of hydrogen-bond donors (Lipinski definition) is 2. The van der Waals surface area contributed by atoms with E-state index in [2.05, 4.69) is 5.32 Å². The van der Waals surface area contributed by atoms with Crippen molar-refractivity contribution < 1.29 is 18.3 Å². The van der Waals surface area contributed by atoms with Crippen LogP contribution >= 0.6 is 0 Å². The molecule has 0 aliphatic carbocycles. The van der Waals surface area contributed by atoms with E-state index < -0.39 is 16.2 Å². The Morgan fingerprint density at radius 2 is 1.85 bits per heavy atom. The molecule has 1 aromatic carbocycles. The van der Waals surface area contributed by atoms with Gasteiger partial charge in [0.2, 0.25) is 0 Å². The molecular formula is C18H27N3O4S. The summed E-state index contributed by atoms with van der Waals surface area (Å²) in [7, 11) is -3.46. The molecule has 2 aliphatic rings. The fourth-order valence-electron chi connectivity index (χ4n) is 3.64. The van der Waals surface area contributed by atoms with E-state index in [0.29, 0.717) is 37.7 Å². The molecule has 2 fully saturated rings. The molecule has 2 saturated heterocycles. The van der Waals surface area contributed by atoms with E-state index in [1.165, 1.54) is 4.31 Å². The molecule has 2 heterocycles. The third kappa shape index (κ3) is 4.55. The van der Waals surface area contributed by atoms with Gasteiger partial charge in [0.1, 0.15) is 0 Å². The second kappa shape index (κ2) is 8.37. The summed E-state index contributed by atoms with van der Waals surface area (Å²) in [6.07, 6.45) is 3.68. The largest absolute Gasteiger partial charge is 0.481 e. The number of nitrogens with zero attached hydrogens (tertiary/aromatic N) is 2. The number of carboxylic acid groups (broad SMARTS) is 1. The molecular weight excluding hydrogens is 354 g/mol. The maximum atomic E-state index is 12.8. The van der Waals surface area contributed by atoms with Crippen LogP contribution in [-0.4, -0.2) is 56.5 Å². The second-order valence-corrected chi connectivity index (χ2v) is 8.87. The van der Waals surface area contributed by atoms with Crippen molar-refractivity contribution in [3.8, 4) is 0 Å². The van der Waals surface area contributed by atoms with Crippen molar-refractivity contribution in [1.82, 2.24) is 9.62 Å². The van der Waals surface area contributed by atoms with Crippen LogP contribution in [0.3, 0.4) is 0 Å². The summed E-state index contributed by atoms with van der Waals surface area (Å²) in [5.41, 5.74) is 1.55. The Morgan fingerprint density at radius 3 is 2.50 bits per heavy atom. The number of aliphatic carboxylic acids is 1. The lowest BCUT2D eigenvalue weighted by Crippen LogP contribution is -2.35. The number of aryl methyl sites for hydroxylation is 1. The number of rotatable bonds is 7. The van der Waals surface area contributed by atoms with Gasteiger partial charge in [-0.2, -0.15) is 12.7 Å². The number of anilines is 1. The summed E-state index contributed by atoms with van der Waals surface area (Å²) >= 11 is 0. The normalized spacial score (nSPS) is 21.2. The van der Waals surface area contributed by atoms with Gasteiger partial charge >= 0.3 is 16.2 Å². The van der Waals surface area contributed by atoms with Gasteiger partial charge in [0.25, 0.3) is 0 Å². The predicted octanol–water partition coefficient (Wildman–Crippen LogP) is 1.46. The van der Waals surface area contributed by atoms with E-state index in [0.717, 1.165) is 37.9 Å². The molecule has 0 amide bonds. The maximum Gasteiger partial charge on any atom is 0.304 e. The van der Waals surface area contributed by atoms with Crippen LogP contribution in [-0.2, 0) is 21.4 Å². The van der Waals surface area contributed by atoms with Crippen molar-refractivity contribution >= 4 is 21.9 Å². The first-order valence-corrected chi connectivity index (χ1v) is 10.7. The molecule has 0 aromatic heterocycles. The van der Waals surface area contributed by atoms with Crippen LogP contribution in [0, 0.1) is 5.92 Å². The van der Waals surface area contributed by atoms with Gasteiger partial charge in [-0.15, -0.1) is 0 Å². The van der Waals surface area contributed by atoms with Gasteiger partial charge in [0, 0.05) is 26.1 Å². The van der Waals surface area contributed by atoms with Gasteiger partial charge in [-0.3, -0.25) is 9.10 Å². The molecule has 2 aliphatic heterocycles. The van der Waals surface area contributed by atoms with Crippen LogP contribution in [0.2, 0.25) is 0 Å². The minimum atomic E-state index is -3.46. The van der Waals surface area contributed by atoms with Crippen molar-refractivity contribution in [1.29, 1.82) is 0 Å². The highest BCUT2D eigenvalue weighted by molar-refractivity contribution is 7.90. The Kier molecular flexibility index (Phi) is 6.16. The molecule has 0 radical (unpaired) electrons. The van der Waals surface area contributed by atoms with Gasteiger partial charge in [-0.1, -0.05) is 12.1 Å². The molecule has 1 aromatic rings. The van der Waals surface area contributed by atoms with Crippen molar-refractivity contribution in [2.45, 2.75) is 32.1 Å². The Bertz CT molecular complexity index is 714. The first-order chi connectivity index (χ1) is 12.5. The van der Waals surface area contributed by atoms with Gasteiger partial charge < -0.3 is 10.4 Å². The molecule has 0 unspecified atom stereocenters. The van der Waals surface area contributed by atoms with Crippen LogP contribution in [0.5, 0.6) is 0 Å². The predicted molar refractivity (Wildman–Crippen MR) is 100 cm³/mol. The summed E-state index contributed by atoms with van der Waals surface area (Å²) in [6.45, 7) is 3.62. The zero-order valence-electron chi connectivity index (χ0n) is 14.9. The highest BCUT2D eigenvalue weighted by atomic mass is 32.2. The molecule has 3 rings (SSSR count). The Morgan fingerprint density at radius 1 is 1.15 bits per heavy atom. The fourth-order valence-corrected chi connectivity index (χ4v) is 5.27. The highest BCUT2D eigenvalue weighted by Gasteiger charge is 2.36. The fraction of sp³-hybridized carbons (Fsp3) is 0.611. The Hall–Kier alpha value is -1.64. The summed E-state index contributed by atoms with van der Waals surface area (Å²) in [5.74, 6) is -0.227. The molecule has 8 heteroatoms. The minimum Gasteiger partial charge on any atom is -0.481 e. The van der Waals surface area contributed by atoms with Crippen molar-refractivity contribution in [2.24, 2.45) is 5.92 Å². The number of benzene rings is 1. The van der Waals surface area contributed by atoms with Gasteiger partial charge in [0.15, 0.2) is 0 Å². The molecule has 144 valence electrons. The highest BCUT2D eigenvalue weighted by Crippen LogP contribution is 2.27. The number of nitrogens with one attached hydrogen (secondary N) is 1. The van der Waals surface area contributed by atoms with Crippen molar-refractivity contribution in [3.05, 3.63) is 29.8 Å². The average molecular weight is 381 g/mol. The summed E-state index contributed by atoms with van der Waals surface area (Å²) in [4.78, 5) is 10.6. The standard InChI is InChI=1S/C18H27N3O4S/c22-18(23)6-3-15-1-4-17(5-2-15)21-14-13-20(26(21,24)25)12-9-16-7-10-19-11-8-16/h1-2,4-5,16,19H,3,6-14H2,(H,22,23). The van der Waals surface area contributed by atoms with Crippen molar-refractivity contribution in [2.75, 3.05) is 37.0 Å². The van der Waals surface area contributed by atoms with Crippen LogP contribution in [0.1, 0.15) is 31.2 Å². The molecule has 26 heavy (non-hydrogen) atoms. The number of carboxylic acids is 1. The average Bonchev–Trinajstić information content (AvgIpc) is 2.93. The summed E-state index contributed by atoms with van der Waals surface area (Å²) < 4.78 is 28.7. The van der Waals surface area contributed by atoms with Crippen LogP contribution in [0.15, 0.2) is 24.3 Å². The van der Waals surface area contributed by atoms with E-state index in [-0.39, 0.29) is 6.42 Å². The zero-order valence-corrected chi connectivity index (χ0v) is 15.7. The van der Waals surface area contributed by atoms with E-state index in [1.807, 2.05) is 12.1 Å². The maximum absolute atomic E-state index is 12.8. The first-order valence-electron chi connectivity index (χ1n) is 9.26. The number of carbonyl (C=O) groups is 1. The Balaban J connectivity index is 1.59. The smallest absolute Gasteiger partial charge is 0.304 e. The monoisotopic (exact) mass is 381 g/mol. The minimum absolute atomic E-state index is 0.0752. The molecule has 7 nitrogen and oxygen atoms in total. The molecule has 0 atom stereocenters.